The van der Waals surface area contributed by atoms with E-state index in [4.69, 9.17) is 5.26 Å². The highest BCUT2D eigenvalue weighted by atomic mass is 32.2. The Bertz CT molecular complexity index is 1190. The molecule has 2 aromatic heterocycles. The second-order valence-corrected chi connectivity index (χ2v) is 6.84. The molecule has 0 saturated heterocycles. The predicted octanol–water partition coefficient (Wildman–Crippen LogP) is 2.73. The Morgan fingerprint density at radius 1 is 1.15 bits per heavy atom. The van der Waals surface area contributed by atoms with Gasteiger partial charge >= 0.3 is 0 Å². The lowest BCUT2D eigenvalue weighted by Gasteiger charge is -2.05. The van der Waals surface area contributed by atoms with Gasteiger partial charge in [0.25, 0.3) is 5.56 Å². The molecule has 4 rings (SSSR count). The number of nitrogens with one attached hydrogen (secondary N) is 1. The van der Waals surface area contributed by atoms with Gasteiger partial charge in [0.15, 0.2) is 5.16 Å². The van der Waals surface area contributed by atoms with Crippen molar-refractivity contribution in [3.8, 4) is 6.07 Å². The minimum Gasteiger partial charge on any atom is -0.301 e. The molecule has 0 bridgehead atoms. The van der Waals surface area contributed by atoms with Gasteiger partial charge in [0, 0.05) is 11.8 Å². The van der Waals surface area contributed by atoms with E-state index >= 15 is 0 Å². The predicted molar refractivity (Wildman–Crippen MR) is 102 cm³/mol. The number of para-hydroxylation sites is 1. The number of aromatic amines is 1. The molecule has 0 saturated carbocycles. The van der Waals surface area contributed by atoms with Crippen molar-refractivity contribution >= 4 is 22.8 Å². The molecular weight excluding hydrogens is 360 g/mol. The maximum atomic E-state index is 12.0. The van der Waals surface area contributed by atoms with Crippen LogP contribution in [0.15, 0.2) is 64.5 Å². The quantitative estimate of drug-likeness (QED) is 0.426. The smallest absolute Gasteiger partial charge is 0.251 e. The normalized spacial score (nSPS) is 10.8. The average Bonchev–Trinajstić information content (AvgIpc) is 3.09. The maximum Gasteiger partial charge on any atom is 0.251 e. The number of benzene rings is 2. The van der Waals surface area contributed by atoms with Crippen LogP contribution >= 0.6 is 11.8 Å². The third-order valence-corrected chi connectivity index (χ3v) is 4.91. The second-order valence-electron chi connectivity index (χ2n) is 5.88. The average molecular weight is 374 g/mol. The zero-order valence-corrected chi connectivity index (χ0v) is 15.0. The number of nitrogens with zero attached hydrogens (tertiary/aromatic N) is 5. The van der Waals surface area contributed by atoms with Crippen LogP contribution in [0.1, 0.15) is 16.8 Å². The molecule has 0 aliphatic rings. The van der Waals surface area contributed by atoms with Gasteiger partial charge in [-0.25, -0.2) is 9.67 Å². The van der Waals surface area contributed by atoms with Gasteiger partial charge in [-0.1, -0.05) is 41.2 Å². The molecule has 132 valence electrons. The Labute approximate surface area is 158 Å². The summed E-state index contributed by atoms with van der Waals surface area (Å²) in [5.41, 5.74) is 3.79. The Balaban J connectivity index is 1.52. The van der Waals surface area contributed by atoms with Crippen molar-refractivity contribution in [1.82, 2.24) is 25.0 Å². The summed E-state index contributed by atoms with van der Waals surface area (Å²) in [5.74, 6) is 0.643. The summed E-state index contributed by atoms with van der Waals surface area (Å²) in [6, 6.07) is 18.6. The topological polar surface area (TPSA) is 100 Å². The van der Waals surface area contributed by atoms with Crippen LogP contribution in [0.5, 0.6) is 0 Å². The minimum absolute atomic E-state index is 0.202. The number of nitriles is 1. The standard InChI is InChI=1S/C19H14N6OS/c20-10-13-5-7-14(8-6-13)12-27-19-21-15(9-18(26)22-19)11-25-17-4-2-1-3-16(17)23-24-25/h1-9H,11-12H2,(H,21,22,26). The van der Waals surface area contributed by atoms with E-state index in [1.807, 2.05) is 36.4 Å². The van der Waals surface area contributed by atoms with Crippen LogP contribution in [0.3, 0.4) is 0 Å². The van der Waals surface area contributed by atoms with Crippen molar-refractivity contribution in [3.05, 3.63) is 81.8 Å². The Morgan fingerprint density at radius 2 is 1.96 bits per heavy atom. The molecule has 2 heterocycles. The van der Waals surface area contributed by atoms with Crippen molar-refractivity contribution < 1.29 is 0 Å². The van der Waals surface area contributed by atoms with E-state index in [2.05, 4.69) is 26.3 Å². The summed E-state index contributed by atoms with van der Waals surface area (Å²) in [4.78, 5) is 19.3. The number of H-pyrrole nitrogens is 1. The molecular formula is C19H14N6OS. The highest BCUT2D eigenvalue weighted by Crippen LogP contribution is 2.19. The largest absolute Gasteiger partial charge is 0.301 e. The van der Waals surface area contributed by atoms with Gasteiger partial charge in [0.1, 0.15) is 5.52 Å². The van der Waals surface area contributed by atoms with Gasteiger partial charge in [-0.15, -0.1) is 5.10 Å². The monoisotopic (exact) mass is 374 g/mol. The zero-order valence-electron chi connectivity index (χ0n) is 14.2. The van der Waals surface area contributed by atoms with Crippen molar-refractivity contribution in [1.29, 1.82) is 5.26 Å². The minimum atomic E-state index is -0.202. The van der Waals surface area contributed by atoms with Crippen LogP contribution in [0.4, 0.5) is 0 Å². The van der Waals surface area contributed by atoms with Crippen molar-refractivity contribution in [3.63, 3.8) is 0 Å². The first kappa shape index (κ1) is 17.0. The summed E-state index contributed by atoms with van der Waals surface area (Å²) < 4.78 is 1.73. The van der Waals surface area contributed by atoms with Gasteiger partial charge < -0.3 is 4.98 Å². The van der Waals surface area contributed by atoms with Crippen molar-refractivity contribution in [2.24, 2.45) is 0 Å². The van der Waals surface area contributed by atoms with Crippen LogP contribution in [0.25, 0.3) is 11.0 Å². The lowest BCUT2D eigenvalue weighted by molar-refractivity contribution is 0.648. The molecule has 2 aromatic carbocycles. The molecule has 0 spiro atoms. The van der Waals surface area contributed by atoms with Crippen LogP contribution in [-0.4, -0.2) is 25.0 Å². The van der Waals surface area contributed by atoms with E-state index in [9.17, 15) is 4.79 Å². The van der Waals surface area contributed by atoms with Gasteiger partial charge in [-0.3, -0.25) is 4.79 Å². The van der Waals surface area contributed by atoms with E-state index in [1.165, 1.54) is 17.8 Å². The summed E-state index contributed by atoms with van der Waals surface area (Å²) >= 11 is 1.44. The third-order valence-electron chi connectivity index (χ3n) is 3.96. The Morgan fingerprint density at radius 3 is 2.78 bits per heavy atom. The fourth-order valence-corrected chi connectivity index (χ4v) is 3.50. The Kier molecular flexibility index (Phi) is 4.68. The van der Waals surface area contributed by atoms with Crippen LogP contribution in [-0.2, 0) is 12.3 Å². The summed E-state index contributed by atoms with van der Waals surface area (Å²) in [7, 11) is 0. The van der Waals surface area contributed by atoms with Gasteiger partial charge in [-0.05, 0) is 29.8 Å². The molecule has 7 nitrogen and oxygen atoms in total. The highest BCUT2D eigenvalue weighted by molar-refractivity contribution is 7.98. The molecule has 0 aliphatic carbocycles. The Hall–Kier alpha value is -3.44. The molecule has 0 unspecified atom stereocenters. The van der Waals surface area contributed by atoms with Crippen LogP contribution in [0, 0.1) is 11.3 Å². The number of aromatic nitrogens is 5. The highest BCUT2D eigenvalue weighted by Gasteiger charge is 2.08. The van der Waals surface area contributed by atoms with Crippen molar-refractivity contribution in [2.45, 2.75) is 17.5 Å². The number of rotatable bonds is 5. The lowest BCUT2D eigenvalue weighted by Crippen LogP contribution is -2.13. The van der Waals surface area contributed by atoms with E-state index < -0.39 is 0 Å². The first-order valence-corrected chi connectivity index (χ1v) is 9.20. The number of hydrogen-bond donors (Lipinski definition) is 1. The molecule has 8 heteroatoms. The van der Waals surface area contributed by atoms with Gasteiger partial charge in [0.05, 0.1) is 29.4 Å². The van der Waals surface area contributed by atoms with E-state index in [1.54, 1.807) is 16.8 Å². The molecule has 0 fully saturated rings. The second kappa shape index (κ2) is 7.43. The zero-order chi connectivity index (χ0) is 18.6. The SMILES string of the molecule is N#Cc1ccc(CSc2nc(Cn3nnc4ccccc43)cc(=O)[nH]2)cc1. The fraction of sp³-hybridized carbons (Fsp3) is 0.105. The van der Waals surface area contributed by atoms with Crippen LogP contribution < -0.4 is 5.56 Å². The first-order chi connectivity index (χ1) is 13.2. The fourth-order valence-electron chi connectivity index (χ4n) is 2.65. The third kappa shape index (κ3) is 3.88. The molecule has 0 aliphatic heterocycles. The molecule has 0 radical (unpaired) electrons. The molecule has 0 atom stereocenters. The number of fused-ring (bicyclic) bond motifs is 1. The summed E-state index contributed by atoms with van der Waals surface area (Å²) in [6.45, 7) is 0.370. The maximum absolute atomic E-state index is 12.0. The first-order valence-electron chi connectivity index (χ1n) is 8.21. The number of hydrogen-bond acceptors (Lipinski definition) is 6. The van der Waals surface area contributed by atoms with Gasteiger partial charge in [0.2, 0.25) is 0 Å². The van der Waals surface area contributed by atoms with Crippen molar-refractivity contribution in [2.75, 3.05) is 0 Å². The number of thioether (sulfide) groups is 1. The van der Waals surface area contributed by atoms with E-state index in [0.29, 0.717) is 28.7 Å². The van der Waals surface area contributed by atoms with E-state index in [-0.39, 0.29) is 5.56 Å². The summed E-state index contributed by atoms with van der Waals surface area (Å²) in [5, 5.41) is 17.7. The molecule has 0 amide bonds. The lowest BCUT2D eigenvalue weighted by atomic mass is 10.2. The molecule has 4 aromatic rings. The molecule has 1 N–H and O–H groups in total. The summed E-state index contributed by atoms with van der Waals surface area (Å²) in [6.07, 6.45) is 0. The van der Waals surface area contributed by atoms with Gasteiger partial charge in [-0.2, -0.15) is 5.26 Å². The van der Waals surface area contributed by atoms with Crippen LogP contribution in [0.2, 0.25) is 0 Å². The van der Waals surface area contributed by atoms with E-state index in [0.717, 1.165) is 16.6 Å². The molecule has 27 heavy (non-hydrogen) atoms.